The van der Waals surface area contributed by atoms with Gasteiger partial charge in [0.25, 0.3) is 0 Å². The maximum absolute atomic E-state index is 11.8. The topological polar surface area (TPSA) is 41.6 Å². The van der Waals surface area contributed by atoms with Gasteiger partial charge in [-0.2, -0.15) is 13.2 Å². The minimum absolute atomic E-state index is 0.155. The van der Waals surface area contributed by atoms with Crippen molar-refractivity contribution >= 4 is 5.91 Å². The summed E-state index contributed by atoms with van der Waals surface area (Å²) >= 11 is 0. The van der Waals surface area contributed by atoms with Crippen molar-refractivity contribution in [1.82, 2.24) is 10.2 Å². The molecule has 0 spiro atoms. The molecule has 0 unspecified atom stereocenters. The third kappa shape index (κ3) is 5.36. The number of methoxy groups -OCH3 is 1. The van der Waals surface area contributed by atoms with Crippen LogP contribution < -0.4 is 5.32 Å². The Hall–Kier alpha value is -0.820. The number of amides is 1. The fourth-order valence-electron chi connectivity index (χ4n) is 1.76. The van der Waals surface area contributed by atoms with Crippen LogP contribution in [0.3, 0.4) is 0 Å². The number of hydrogen-bond acceptors (Lipinski definition) is 3. The van der Waals surface area contributed by atoms with E-state index in [2.05, 4.69) is 5.32 Å². The van der Waals surface area contributed by atoms with Crippen LogP contribution in [0.25, 0.3) is 0 Å². The fourth-order valence-corrected chi connectivity index (χ4v) is 1.76. The van der Waals surface area contributed by atoms with Crippen molar-refractivity contribution in [2.24, 2.45) is 0 Å². The Labute approximate surface area is 98.1 Å². The number of rotatable bonds is 4. The lowest BCUT2D eigenvalue weighted by Gasteiger charge is -2.31. The van der Waals surface area contributed by atoms with Crippen LogP contribution in [0.5, 0.6) is 0 Å². The first kappa shape index (κ1) is 14.2. The number of piperidine rings is 1. The van der Waals surface area contributed by atoms with Gasteiger partial charge in [0.05, 0.1) is 19.2 Å². The fraction of sp³-hybridized carbons (Fsp3) is 0.900. The van der Waals surface area contributed by atoms with Gasteiger partial charge in [0.2, 0.25) is 5.91 Å². The average Bonchev–Trinajstić information content (AvgIpc) is 2.27. The van der Waals surface area contributed by atoms with E-state index < -0.39 is 12.7 Å². The summed E-state index contributed by atoms with van der Waals surface area (Å²) < 4.78 is 40.7. The van der Waals surface area contributed by atoms with Crippen LogP contribution in [0.1, 0.15) is 12.8 Å². The second kappa shape index (κ2) is 6.20. The van der Waals surface area contributed by atoms with Gasteiger partial charge in [0.15, 0.2) is 0 Å². The van der Waals surface area contributed by atoms with Crippen molar-refractivity contribution < 1.29 is 22.7 Å². The van der Waals surface area contributed by atoms with Crippen molar-refractivity contribution in [3.8, 4) is 0 Å². The predicted molar refractivity (Wildman–Crippen MR) is 55.5 cm³/mol. The van der Waals surface area contributed by atoms with E-state index in [0.717, 1.165) is 12.8 Å². The Morgan fingerprint density at radius 1 is 1.41 bits per heavy atom. The van der Waals surface area contributed by atoms with E-state index in [1.54, 1.807) is 12.0 Å². The Morgan fingerprint density at radius 2 is 2.00 bits per heavy atom. The van der Waals surface area contributed by atoms with Gasteiger partial charge >= 0.3 is 6.18 Å². The summed E-state index contributed by atoms with van der Waals surface area (Å²) in [6.07, 6.45) is -2.64. The molecule has 1 heterocycles. The minimum Gasteiger partial charge on any atom is -0.381 e. The Morgan fingerprint density at radius 3 is 2.47 bits per heavy atom. The molecule has 17 heavy (non-hydrogen) atoms. The van der Waals surface area contributed by atoms with Gasteiger partial charge in [-0.15, -0.1) is 0 Å². The first-order valence-corrected chi connectivity index (χ1v) is 5.50. The van der Waals surface area contributed by atoms with E-state index in [1.807, 2.05) is 0 Å². The molecule has 1 saturated heterocycles. The van der Waals surface area contributed by atoms with E-state index in [4.69, 9.17) is 4.74 Å². The standard InChI is InChI=1S/C10H17F3N2O2/c1-17-8-2-4-15(5-3-8)9(16)6-14-7-10(11,12)13/h8,14H,2-7H2,1H3. The highest BCUT2D eigenvalue weighted by atomic mass is 19.4. The Balaban J connectivity index is 2.21. The normalized spacial score (nSPS) is 18.5. The lowest BCUT2D eigenvalue weighted by molar-refractivity contribution is -0.135. The quantitative estimate of drug-likeness (QED) is 0.806. The highest BCUT2D eigenvalue weighted by Gasteiger charge is 2.27. The van der Waals surface area contributed by atoms with Crippen LogP contribution in [0.4, 0.5) is 13.2 Å². The van der Waals surface area contributed by atoms with Crippen molar-refractivity contribution in [2.45, 2.75) is 25.1 Å². The van der Waals surface area contributed by atoms with E-state index >= 15 is 0 Å². The molecule has 0 bridgehead atoms. The monoisotopic (exact) mass is 254 g/mol. The SMILES string of the molecule is COC1CCN(C(=O)CNCC(F)(F)F)CC1. The zero-order valence-corrected chi connectivity index (χ0v) is 9.72. The number of alkyl halides is 3. The smallest absolute Gasteiger partial charge is 0.381 e. The summed E-state index contributed by atoms with van der Waals surface area (Å²) in [5.74, 6) is -0.288. The van der Waals surface area contributed by atoms with E-state index in [1.165, 1.54) is 0 Å². The van der Waals surface area contributed by atoms with Crippen LogP contribution in [-0.4, -0.2) is 56.4 Å². The van der Waals surface area contributed by atoms with Gasteiger partial charge < -0.3 is 15.0 Å². The lowest BCUT2D eigenvalue weighted by atomic mass is 10.1. The van der Waals surface area contributed by atoms with Crippen molar-refractivity contribution in [3.05, 3.63) is 0 Å². The largest absolute Gasteiger partial charge is 0.401 e. The van der Waals surface area contributed by atoms with Gasteiger partial charge in [0, 0.05) is 20.2 Å². The minimum atomic E-state index is -4.27. The lowest BCUT2D eigenvalue weighted by Crippen LogP contribution is -2.45. The van der Waals surface area contributed by atoms with Gasteiger partial charge in [-0.05, 0) is 12.8 Å². The summed E-state index contributed by atoms with van der Waals surface area (Å²) in [6.45, 7) is -0.305. The number of nitrogens with one attached hydrogen (secondary N) is 1. The van der Waals surface area contributed by atoms with Crippen molar-refractivity contribution in [1.29, 1.82) is 0 Å². The maximum Gasteiger partial charge on any atom is 0.401 e. The molecule has 0 radical (unpaired) electrons. The summed E-state index contributed by atoms with van der Waals surface area (Å²) in [6, 6.07) is 0. The molecule has 1 aliphatic rings. The first-order chi connectivity index (χ1) is 7.92. The predicted octanol–water partition coefficient (Wildman–Crippen LogP) is 0.776. The first-order valence-electron chi connectivity index (χ1n) is 5.50. The molecule has 0 aromatic rings. The second-order valence-electron chi connectivity index (χ2n) is 4.03. The zero-order valence-electron chi connectivity index (χ0n) is 9.72. The molecular formula is C10H17F3N2O2. The molecule has 1 fully saturated rings. The van der Waals surface area contributed by atoms with Crippen LogP contribution in [0.15, 0.2) is 0 Å². The third-order valence-corrected chi connectivity index (χ3v) is 2.73. The number of carbonyl (C=O) groups excluding carboxylic acids is 1. The van der Waals surface area contributed by atoms with E-state index in [-0.39, 0.29) is 18.6 Å². The summed E-state index contributed by atoms with van der Waals surface area (Å²) in [4.78, 5) is 13.1. The second-order valence-corrected chi connectivity index (χ2v) is 4.03. The zero-order chi connectivity index (χ0) is 12.9. The maximum atomic E-state index is 11.8. The highest BCUT2D eigenvalue weighted by molar-refractivity contribution is 5.78. The number of likely N-dealkylation sites (tertiary alicyclic amines) is 1. The molecule has 1 aliphatic heterocycles. The molecule has 0 aromatic heterocycles. The number of hydrogen-bond donors (Lipinski definition) is 1. The van der Waals surface area contributed by atoms with E-state index in [9.17, 15) is 18.0 Å². The number of carbonyl (C=O) groups is 1. The summed E-state index contributed by atoms with van der Waals surface area (Å²) in [5.41, 5.74) is 0. The van der Waals surface area contributed by atoms with E-state index in [0.29, 0.717) is 13.1 Å². The number of ether oxygens (including phenoxy) is 1. The number of halogens is 3. The van der Waals surface area contributed by atoms with Crippen LogP contribution in [0.2, 0.25) is 0 Å². The molecule has 0 aliphatic carbocycles. The number of nitrogens with zero attached hydrogens (tertiary/aromatic N) is 1. The van der Waals surface area contributed by atoms with Crippen LogP contribution >= 0.6 is 0 Å². The average molecular weight is 254 g/mol. The summed E-state index contributed by atoms with van der Waals surface area (Å²) in [5, 5.41) is 2.10. The van der Waals surface area contributed by atoms with Crippen molar-refractivity contribution in [2.75, 3.05) is 33.3 Å². The molecule has 7 heteroatoms. The molecular weight excluding hydrogens is 237 g/mol. The van der Waals surface area contributed by atoms with Gasteiger partial charge in [-0.25, -0.2) is 0 Å². The molecule has 0 saturated carbocycles. The summed E-state index contributed by atoms with van der Waals surface area (Å²) in [7, 11) is 1.62. The molecule has 1 rings (SSSR count). The van der Waals surface area contributed by atoms with Crippen molar-refractivity contribution in [3.63, 3.8) is 0 Å². The molecule has 0 aromatic carbocycles. The molecule has 0 atom stereocenters. The van der Waals surface area contributed by atoms with Crippen LogP contribution in [-0.2, 0) is 9.53 Å². The highest BCUT2D eigenvalue weighted by Crippen LogP contribution is 2.13. The third-order valence-electron chi connectivity index (χ3n) is 2.73. The molecule has 4 nitrogen and oxygen atoms in total. The van der Waals surface area contributed by atoms with Gasteiger partial charge in [-0.1, -0.05) is 0 Å². The van der Waals surface area contributed by atoms with Gasteiger partial charge in [-0.3, -0.25) is 4.79 Å². The van der Waals surface area contributed by atoms with Crippen LogP contribution in [0, 0.1) is 0 Å². The molecule has 100 valence electrons. The molecule has 1 amide bonds. The Bertz CT molecular complexity index is 250. The van der Waals surface area contributed by atoms with Gasteiger partial charge in [0.1, 0.15) is 0 Å². The Kier molecular flexibility index (Phi) is 5.20. The molecule has 1 N–H and O–H groups in total.